The Morgan fingerprint density at radius 3 is 2.44 bits per heavy atom. The molecule has 0 aromatic heterocycles. The number of hydrogen-bond acceptors (Lipinski definition) is 4. The average Bonchev–Trinajstić information content (AvgIpc) is 3.28. The summed E-state index contributed by atoms with van der Waals surface area (Å²) in [7, 11) is -4.02. The molecule has 10 heteroatoms. The number of anilines is 1. The fourth-order valence-corrected chi connectivity index (χ4v) is 7.83. The Bertz CT molecular complexity index is 1210. The second kappa shape index (κ2) is 7.90. The van der Waals surface area contributed by atoms with Crippen LogP contribution >= 0.6 is 11.6 Å². The van der Waals surface area contributed by atoms with Crippen molar-refractivity contribution in [1.82, 2.24) is 0 Å². The molecule has 1 amide bonds. The highest BCUT2D eigenvalue weighted by Crippen LogP contribution is 2.55. The number of carbonyl (C=O) groups excluding carboxylic acids is 1. The van der Waals surface area contributed by atoms with Crippen molar-refractivity contribution in [1.29, 1.82) is 0 Å². The topological polar surface area (TPSA) is 83.5 Å². The first-order valence-electron chi connectivity index (χ1n) is 9.83. The van der Waals surface area contributed by atoms with Crippen molar-refractivity contribution in [3.8, 4) is 0 Å². The van der Waals surface area contributed by atoms with E-state index in [0.717, 1.165) is 6.07 Å². The van der Waals surface area contributed by atoms with E-state index in [1.165, 1.54) is 18.2 Å². The van der Waals surface area contributed by atoms with E-state index in [1.54, 1.807) is 0 Å². The van der Waals surface area contributed by atoms with Gasteiger partial charge in [0.25, 0.3) is 5.91 Å². The molecule has 4 rings (SSSR count). The first-order valence-corrected chi connectivity index (χ1v) is 11.8. The Morgan fingerprint density at radius 2 is 1.84 bits per heavy atom. The summed E-state index contributed by atoms with van der Waals surface area (Å²) < 4.78 is 66.9. The maximum Gasteiger partial charge on any atom is 0.255 e. The van der Waals surface area contributed by atoms with Crippen molar-refractivity contribution in [3.05, 3.63) is 71.0 Å². The highest BCUT2D eigenvalue weighted by atomic mass is 35.5. The third-order valence-corrected chi connectivity index (χ3v) is 9.22. The first-order chi connectivity index (χ1) is 15.0. The lowest BCUT2D eigenvalue weighted by Gasteiger charge is -2.29. The zero-order chi connectivity index (χ0) is 23.4. The molecule has 2 N–H and O–H groups in total. The van der Waals surface area contributed by atoms with Gasteiger partial charge in [0.2, 0.25) is 0 Å². The van der Waals surface area contributed by atoms with Crippen LogP contribution in [0.3, 0.4) is 0 Å². The van der Waals surface area contributed by atoms with Gasteiger partial charge in [0.1, 0.15) is 0 Å². The second-order valence-corrected chi connectivity index (χ2v) is 10.7. The molecule has 32 heavy (non-hydrogen) atoms. The Labute approximate surface area is 187 Å². The van der Waals surface area contributed by atoms with Crippen LogP contribution in [0.4, 0.5) is 18.9 Å². The van der Waals surface area contributed by atoms with Crippen molar-refractivity contribution >= 4 is 33.0 Å². The third kappa shape index (κ3) is 3.62. The molecule has 0 spiro atoms. The molecular weight excluding hydrogens is 467 g/mol. The van der Waals surface area contributed by atoms with Gasteiger partial charge >= 0.3 is 0 Å². The van der Waals surface area contributed by atoms with E-state index in [0.29, 0.717) is 25.0 Å². The van der Waals surface area contributed by atoms with E-state index in [4.69, 9.17) is 11.6 Å². The summed E-state index contributed by atoms with van der Waals surface area (Å²) in [5.41, 5.74) is -1.74. The smallest absolute Gasteiger partial charge is 0.255 e. The van der Waals surface area contributed by atoms with Crippen molar-refractivity contribution in [3.63, 3.8) is 0 Å². The normalized spacial score (nSPS) is 26.8. The Kier molecular flexibility index (Phi) is 5.63. The van der Waals surface area contributed by atoms with Crippen molar-refractivity contribution in [2.45, 2.75) is 35.0 Å². The number of halogens is 4. The number of carbonyl (C=O) groups is 1. The predicted octanol–water partition coefficient (Wildman–Crippen LogP) is 4.50. The molecule has 2 fully saturated rings. The van der Waals surface area contributed by atoms with Gasteiger partial charge in [-0.2, -0.15) is 0 Å². The Hall–Kier alpha value is -2.36. The summed E-state index contributed by atoms with van der Waals surface area (Å²) in [6.45, 7) is 3.63. The van der Waals surface area contributed by atoms with Gasteiger partial charge in [0.05, 0.1) is 20.8 Å². The van der Waals surface area contributed by atoms with Crippen LogP contribution in [0.5, 0.6) is 0 Å². The molecule has 0 saturated heterocycles. The van der Waals surface area contributed by atoms with Crippen molar-refractivity contribution in [2.75, 3.05) is 5.32 Å². The molecule has 4 atom stereocenters. The SMILES string of the molecule is C=C[C@@]1(O)C[C@@H]2CC[C@@H]1[C@@H]2S(=O)(=O)c1cc(C(=O)Nc2cc(F)c(F)c(F)c2)ccc1Cl. The van der Waals surface area contributed by atoms with Crippen LogP contribution in [0.1, 0.15) is 29.6 Å². The molecule has 170 valence electrons. The Morgan fingerprint density at radius 1 is 1.19 bits per heavy atom. The zero-order valence-electron chi connectivity index (χ0n) is 16.6. The van der Waals surface area contributed by atoms with Crippen LogP contribution in [0.25, 0.3) is 0 Å². The third-order valence-electron chi connectivity index (χ3n) is 6.39. The molecule has 5 nitrogen and oxygen atoms in total. The van der Waals surface area contributed by atoms with Crippen LogP contribution in [0.15, 0.2) is 47.9 Å². The minimum Gasteiger partial charge on any atom is -0.385 e. The Balaban J connectivity index is 1.66. The van der Waals surface area contributed by atoms with Gasteiger partial charge in [0.15, 0.2) is 27.3 Å². The largest absolute Gasteiger partial charge is 0.385 e. The fraction of sp³-hybridized carbons (Fsp3) is 0.318. The van der Waals surface area contributed by atoms with Crippen LogP contribution in [-0.2, 0) is 9.84 Å². The lowest BCUT2D eigenvalue weighted by molar-refractivity contribution is 0.0347. The number of fused-ring (bicyclic) bond motifs is 2. The zero-order valence-corrected chi connectivity index (χ0v) is 18.2. The molecule has 0 unspecified atom stereocenters. The van der Waals surface area contributed by atoms with Crippen LogP contribution in [0, 0.1) is 29.3 Å². The average molecular weight is 486 g/mol. The van der Waals surface area contributed by atoms with E-state index < -0.39 is 50.0 Å². The standard InChI is InChI=1S/C22H19ClF3NO4S/c1-2-22(29)10-12-3-5-14(22)20(12)32(30,31)18-7-11(4-6-15(18)23)21(28)27-13-8-16(24)19(26)17(25)9-13/h2,4,6-9,12,14,20,29H,1,3,5,10H2,(H,27,28)/t12-,14+,20+,22+/m0/s1. The van der Waals surface area contributed by atoms with E-state index in [-0.39, 0.29) is 33.5 Å². The van der Waals surface area contributed by atoms with Gasteiger partial charge in [-0.3, -0.25) is 4.79 Å². The molecule has 0 radical (unpaired) electrons. The molecule has 2 aliphatic carbocycles. The summed E-state index contributed by atoms with van der Waals surface area (Å²) in [6, 6.07) is 4.81. The van der Waals surface area contributed by atoms with Crippen LogP contribution in [-0.4, -0.2) is 30.3 Å². The van der Waals surface area contributed by atoms with Crippen LogP contribution in [0.2, 0.25) is 5.02 Å². The molecule has 2 aliphatic rings. The number of benzene rings is 2. The lowest BCUT2D eigenvalue weighted by Crippen LogP contribution is -2.36. The van der Waals surface area contributed by atoms with Gasteiger partial charge < -0.3 is 10.4 Å². The van der Waals surface area contributed by atoms with E-state index in [2.05, 4.69) is 11.9 Å². The van der Waals surface area contributed by atoms with E-state index >= 15 is 0 Å². The maximum atomic E-state index is 13.5. The highest BCUT2D eigenvalue weighted by Gasteiger charge is 2.60. The quantitative estimate of drug-likeness (QED) is 0.482. The summed E-state index contributed by atoms with van der Waals surface area (Å²) in [5.74, 6) is -6.30. The number of aliphatic hydroxyl groups is 1. The summed E-state index contributed by atoms with van der Waals surface area (Å²) in [4.78, 5) is 12.3. The molecular formula is C22H19ClF3NO4S. The fourth-order valence-electron chi connectivity index (χ4n) is 4.92. The summed E-state index contributed by atoms with van der Waals surface area (Å²) in [5, 5.41) is 12.0. The van der Waals surface area contributed by atoms with Gasteiger partial charge in [-0.05, 0) is 43.4 Å². The molecule has 0 heterocycles. The predicted molar refractivity (Wildman–Crippen MR) is 113 cm³/mol. The highest BCUT2D eigenvalue weighted by molar-refractivity contribution is 7.92. The van der Waals surface area contributed by atoms with Gasteiger partial charge in [-0.25, -0.2) is 21.6 Å². The molecule has 0 aliphatic heterocycles. The molecule has 2 aromatic carbocycles. The number of hydrogen-bond donors (Lipinski definition) is 2. The number of nitrogens with one attached hydrogen (secondary N) is 1. The van der Waals surface area contributed by atoms with E-state index in [9.17, 15) is 31.5 Å². The van der Waals surface area contributed by atoms with Crippen molar-refractivity contribution in [2.24, 2.45) is 11.8 Å². The maximum absolute atomic E-state index is 13.5. The summed E-state index contributed by atoms with van der Waals surface area (Å²) in [6.07, 6.45) is 2.83. The lowest BCUT2D eigenvalue weighted by atomic mass is 9.84. The minimum atomic E-state index is -4.02. The first kappa shape index (κ1) is 22.8. The number of rotatable bonds is 5. The van der Waals surface area contributed by atoms with Gasteiger partial charge in [-0.15, -0.1) is 6.58 Å². The van der Waals surface area contributed by atoms with Gasteiger partial charge in [-0.1, -0.05) is 17.7 Å². The molecule has 2 bridgehead atoms. The molecule has 2 aromatic rings. The molecule has 2 saturated carbocycles. The monoisotopic (exact) mass is 485 g/mol. The van der Waals surface area contributed by atoms with Gasteiger partial charge in [0, 0.05) is 29.3 Å². The number of sulfone groups is 1. The van der Waals surface area contributed by atoms with E-state index in [1.807, 2.05) is 0 Å². The number of amides is 1. The minimum absolute atomic E-state index is 0.0890. The van der Waals surface area contributed by atoms with Crippen LogP contribution < -0.4 is 5.32 Å². The summed E-state index contributed by atoms with van der Waals surface area (Å²) >= 11 is 6.17. The van der Waals surface area contributed by atoms with Crippen molar-refractivity contribution < 1.29 is 31.5 Å². The second-order valence-electron chi connectivity index (χ2n) is 8.21.